The van der Waals surface area contributed by atoms with Gasteiger partial charge in [-0.15, -0.1) is 0 Å². The highest BCUT2D eigenvalue weighted by Gasteiger charge is 2.71. The minimum absolute atomic E-state index is 0.00947. The molecule has 14 heteroatoms. The number of aliphatic hydroxyl groups is 1. The fourth-order valence-electron chi connectivity index (χ4n) is 5.46. The average molecular weight is 647 g/mol. The first kappa shape index (κ1) is 33.2. The molecule has 1 aliphatic rings. The third kappa shape index (κ3) is 6.14. The second-order valence-electron chi connectivity index (χ2n) is 10.9. The molecule has 4 rings (SSSR count). The molecule has 2 atom stereocenters. The van der Waals surface area contributed by atoms with Gasteiger partial charge in [-0.25, -0.2) is 17.6 Å². The number of hydrogen-bond acceptors (Lipinski definition) is 4. The molecule has 1 saturated heterocycles. The van der Waals surface area contributed by atoms with Gasteiger partial charge in [-0.1, -0.05) is 62.4 Å². The van der Waals surface area contributed by atoms with E-state index in [1.54, 1.807) is 19.1 Å². The van der Waals surface area contributed by atoms with E-state index in [9.17, 15) is 49.1 Å². The van der Waals surface area contributed by atoms with Gasteiger partial charge < -0.3 is 15.3 Å². The van der Waals surface area contributed by atoms with Crippen LogP contribution in [0, 0.1) is 5.82 Å². The van der Waals surface area contributed by atoms with Gasteiger partial charge in [0.2, 0.25) is 0 Å². The highest BCUT2D eigenvalue weighted by atomic mass is 32.2. The quantitative estimate of drug-likeness (QED) is 0.300. The zero-order valence-corrected chi connectivity index (χ0v) is 24.3. The van der Waals surface area contributed by atoms with Crippen molar-refractivity contribution in [3.05, 3.63) is 101 Å². The van der Waals surface area contributed by atoms with E-state index in [1.807, 2.05) is 0 Å². The van der Waals surface area contributed by atoms with Crippen LogP contribution in [0.3, 0.4) is 0 Å². The van der Waals surface area contributed by atoms with Crippen LogP contribution in [0.1, 0.15) is 42.0 Å². The van der Waals surface area contributed by atoms with Crippen molar-refractivity contribution in [3.63, 3.8) is 0 Å². The van der Waals surface area contributed by atoms with E-state index in [2.05, 4.69) is 5.32 Å². The van der Waals surface area contributed by atoms with Gasteiger partial charge in [-0.3, -0.25) is 0 Å². The van der Waals surface area contributed by atoms with Gasteiger partial charge in [-0.05, 0) is 41.0 Å². The summed E-state index contributed by atoms with van der Waals surface area (Å²) in [6.07, 6.45) is -12.1. The van der Waals surface area contributed by atoms with Gasteiger partial charge in [0.15, 0.2) is 9.84 Å². The number of nitrogens with zero attached hydrogens (tertiary/aromatic N) is 1. The molecular weight excluding hydrogens is 617 g/mol. The van der Waals surface area contributed by atoms with Crippen molar-refractivity contribution in [1.29, 1.82) is 0 Å². The molecule has 3 aromatic rings. The number of rotatable bonds is 7. The Morgan fingerprint density at radius 3 is 1.98 bits per heavy atom. The highest BCUT2D eigenvalue weighted by molar-refractivity contribution is 7.91. The fourth-order valence-corrected chi connectivity index (χ4v) is 6.34. The molecule has 44 heavy (non-hydrogen) atoms. The number of hydrogen-bond donors (Lipinski definition) is 2. The molecule has 0 radical (unpaired) electrons. The lowest BCUT2D eigenvalue weighted by Gasteiger charge is -2.34. The van der Waals surface area contributed by atoms with Gasteiger partial charge in [0, 0.05) is 36.5 Å². The number of likely N-dealkylation sites (tertiary alicyclic amines) is 1. The number of carbonyl (C=O) groups is 1. The molecule has 2 amide bonds. The smallest absolute Gasteiger partial charge is 0.369 e. The van der Waals surface area contributed by atoms with Crippen LogP contribution >= 0.6 is 0 Å². The van der Waals surface area contributed by atoms with Crippen molar-refractivity contribution in [1.82, 2.24) is 10.2 Å². The summed E-state index contributed by atoms with van der Waals surface area (Å²) in [5, 5.41) is 12.5. The number of alkyl halides is 6. The number of halogens is 7. The summed E-state index contributed by atoms with van der Waals surface area (Å²) in [5.74, 6) is -1.24. The molecule has 238 valence electrons. The van der Waals surface area contributed by atoms with Crippen molar-refractivity contribution in [3.8, 4) is 0 Å². The summed E-state index contributed by atoms with van der Waals surface area (Å²) in [5.41, 5.74) is -5.93. The van der Waals surface area contributed by atoms with Crippen LogP contribution < -0.4 is 5.32 Å². The van der Waals surface area contributed by atoms with E-state index >= 15 is 0 Å². The molecule has 0 saturated carbocycles. The average Bonchev–Trinajstić information content (AvgIpc) is 3.33. The zero-order chi connectivity index (χ0) is 32.7. The summed E-state index contributed by atoms with van der Waals surface area (Å²) in [6.45, 7) is 3.39. The Labute approximate surface area is 249 Å². The largest absolute Gasteiger partial charge is 0.430 e. The first-order valence-electron chi connectivity index (χ1n) is 13.4. The molecular formula is C30H29F7N2O4S. The maximum Gasteiger partial charge on any atom is 0.430 e. The van der Waals surface area contributed by atoms with Gasteiger partial charge in [0.1, 0.15) is 5.82 Å². The minimum Gasteiger partial charge on any atom is -0.369 e. The summed E-state index contributed by atoms with van der Waals surface area (Å²) in [4.78, 5) is 14.8. The van der Waals surface area contributed by atoms with Crippen molar-refractivity contribution in [2.75, 3.05) is 18.8 Å². The second kappa shape index (κ2) is 11.7. The SMILES string of the molecule is CCS(=O)(=O)c1ccc(CNC(=O)N2C[C@@H](c3ccc(C(O)(C(F)(F)F)C(F)(F)F)cc3)[C@@](C)(c3ccc(F)cc3)C2)cc1. The summed E-state index contributed by atoms with van der Waals surface area (Å²) < 4.78 is 118. The van der Waals surface area contributed by atoms with Gasteiger partial charge in [0.05, 0.1) is 10.6 Å². The maximum atomic E-state index is 13.7. The van der Waals surface area contributed by atoms with Crippen molar-refractivity contribution >= 4 is 15.9 Å². The summed E-state index contributed by atoms with van der Waals surface area (Å²) >= 11 is 0. The Morgan fingerprint density at radius 2 is 1.48 bits per heavy atom. The van der Waals surface area contributed by atoms with Crippen LogP contribution in [-0.4, -0.2) is 55.7 Å². The molecule has 0 unspecified atom stereocenters. The Bertz CT molecular complexity index is 1580. The Balaban J connectivity index is 1.61. The molecule has 1 fully saturated rings. The van der Waals surface area contributed by atoms with Gasteiger partial charge in [-0.2, -0.15) is 26.3 Å². The molecule has 1 aliphatic heterocycles. The van der Waals surface area contributed by atoms with Crippen LogP contribution in [0.2, 0.25) is 0 Å². The third-order valence-electron chi connectivity index (χ3n) is 8.14. The number of amides is 2. The lowest BCUT2D eigenvalue weighted by Crippen LogP contribution is -2.53. The van der Waals surface area contributed by atoms with E-state index in [4.69, 9.17) is 0 Å². The third-order valence-corrected chi connectivity index (χ3v) is 9.89. The summed E-state index contributed by atoms with van der Waals surface area (Å²) in [7, 11) is -3.40. The Kier molecular flexibility index (Phi) is 8.84. The van der Waals surface area contributed by atoms with Crippen molar-refractivity contribution < 1.29 is 49.1 Å². The second-order valence-corrected chi connectivity index (χ2v) is 13.2. The van der Waals surface area contributed by atoms with Crippen LogP contribution in [0.4, 0.5) is 35.5 Å². The van der Waals surface area contributed by atoms with Crippen LogP contribution in [0.25, 0.3) is 0 Å². The predicted molar refractivity (Wildman–Crippen MR) is 147 cm³/mol. The van der Waals surface area contributed by atoms with Gasteiger partial charge in [0.25, 0.3) is 5.60 Å². The first-order chi connectivity index (χ1) is 20.3. The summed E-state index contributed by atoms with van der Waals surface area (Å²) in [6, 6.07) is 14.1. The number of carbonyl (C=O) groups excluding carboxylic acids is 1. The van der Waals surface area contributed by atoms with Crippen LogP contribution in [0.5, 0.6) is 0 Å². The molecule has 0 aromatic heterocycles. The monoisotopic (exact) mass is 646 g/mol. The Hall–Kier alpha value is -3.65. The van der Waals surface area contributed by atoms with Gasteiger partial charge >= 0.3 is 18.4 Å². The number of urea groups is 1. The highest BCUT2D eigenvalue weighted by Crippen LogP contribution is 2.51. The van der Waals surface area contributed by atoms with Crippen molar-refractivity contribution in [2.45, 2.75) is 54.6 Å². The lowest BCUT2D eigenvalue weighted by molar-refractivity contribution is -0.376. The molecule has 2 N–H and O–H groups in total. The van der Waals surface area contributed by atoms with E-state index in [0.717, 1.165) is 12.1 Å². The first-order valence-corrected chi connectivity index (χ1v) is 15.1. The Morgan fingerprint density at radius 1 is 0.932 bits per heavy atom. The predicted octanol–water partition coefficient (Wildman–Crippen LogP) is 6.20. The number of nitrogens with one attached hydrogen (secondary N) is 1. The zero-order valence-electron chi connectivity index (χ0n) is 23.5. The van der Waals surface area contributed by atoms with Crippen molar-refractivity contribution in [2.24, 2.45) is 0 Å². The van der Waals surface area contributed by atoms with Crippen LogP contribution in [-0.2, 0) is 27.4 Å². The fraction of sp³-hybridized carbons (Fsp3) is 0.367. The minimum atomic E-state index is -6.04. The number of sulfone groups is 1. The molecule has 6 nitrogen and oxygen atoms in total. The van der Waals surface area contributed by atoms with E-state index in [1.165, 1.54) is 48.2 Å². The molecule has 0 spiro atoms. The lowest BCUT2D eigenvalue weighted by atomic mass is 9.71. The molecule has 1 heterocycles. The molecule has 3 aromatic carbocycles. The van der Waals surface area contributed by atoms with E-state index in [-0.39, 0.29) is 30.3 Å². The molecule has 0 aliphatic carbocycles. The molecule has 0 bridgehead atoms. The topological polar surface area (TPSA) is 86.7 Å². The number of benzene rings is 3. The normalized spacial score (nSPS) is 19.7. The van der Waals surface area contributed by atoms with E-state index in [0.29, 0.717) is 28.8 Å². The van der Waals surface area contributed by atoms with Crippen LogP contribution in [0.15, 0.2) is 77.7 Å². The standard InChI is InChI=1S/C30H29F7N2O4S/c1-3-44(42,43)24-14-4-19(5-15-24)16-38-26(40)39-17-25(27(2,18-39)21-10-12-23(31)13-11-21)20-6-8-22(9-7-20)28(41,29(32,33)34)30(35,36)37/h4-15,25,41H,3,16-18H2,1-2H3,(H,38,40)/t25-,27+/m0/s1. The van der Waals surface area contributed by atoms with E-state index < -0.39 is 56.5 Å². The maximum absolute atomic E-state index is 13.7.